The minimum atomic E-state index is 0.360. The fourth-order valence-corrected chi connectivity index (χ4v) is 3.63. The zero-order chi connectivity index (χ0) is 13.7. The SMILES string of the molecule is CSC1CCCC(NC(C)c2ccc(C#N)cc2)C1. The Morgan fingerprint density at radius 2 is 2.05 bits per heavy atom. The van der Waals surface area contributed by atoms with Crippen molar-refractivity contribution in [2.24, 2.45) is 0 Å². The smallest absolute Gasteiger partial charge is 0.0991 e. The maximum atomic E-state index is 8.82. The molecule has 1 fully saturated rings. The molecule has 0 heterocycles. The summed E-state index contributed by atoms with van der Waals surface area (Å²) in [6.45, 7) is 2.21. The number of nitrogens with zero attached hydrogens (tertiary/aromatic N) is 1. The molecule has 102 valence electrons. The molecule has 1 N–H and O–H groups in total. The summed E-state index contributed by atoms with van der Waals surface area (Å²) >= 11 is 2.00. The molecule has 0 saturated heterocycles. The highest BCUT2D eigenvalue weighted by Crippen LogP contribution is 2.28. The van der Waals surface area contributed by atoms with Crippen LogP contribution in [0.15, 0.2) is 24.3 Å². The van der Waals surface area contributed by atoms with E-state index in [1.165, 1.54) is 31.2 Å². The highest BCUT2D eigenvalue weighted by Gasteiger charge is 2.22. The lowest BCUT2D eigenvalue weighted by molar-refractivity contribution is 0.353. The fraction of sp³-hybridized carbons (Fsp3) is 0.562. The molecule has 1 aromatic rings. The van der Waals surface area contributed by atoms with E-state index in [1.54, 1.807) is 0 Å². The summed E-state index contributed by atoms with van der Waals surface area (Å²) < 4.78 is 0. The van der Waals surface area contributed by atoms with E-state index in [-0.39, 0.29) is 0 Å². The average molecular weight is 274 g/mol. The molecule has 2 nitrogen and oxygen atoms in total. The van der Waals surface area contributed by atoms with E-state index >= 15 is 0 Å². The number of rotatable bonds is 4. The first kappa shape index (κ1) is 14.4. The lowest BCUT2D eigenvalue weighted by Gasteiger charge is -2.31. The van der Waals surface area contributed by atoms with Crippen LogP contribution in [-0.4, -0.2) is 17.5 Å². The zero-order valence-corrected chi connectivity index (χ0v) is 12.5. The van der Waals surface area contributed by atoms with Crippen LogP contribution in [0.2, 0.25) is 0 Å². The second-order valence-corrected chi connectivity index (χ2v) is 6.48. The summed E-state index contributed by atoms with van der Waals surface area (Å²) in [6, 6.07) is 11.1. The summed E-state index contributed by atoms with van der Waals surface area (Å²) in [5, 5.41) is 13.4. The Labute approximate surface area is 120 Å². The summed E-state index contributed by atoms with van der Waals surface area (Å²) in [7, 11) is 0. The molecule has 1 saturated carbocycles. The van der Waals surface area contributed by atoms with Crippen LogP contribution >= 0.6 is 11.8 Å². The summed E-state index contributed by atoms with van der Waals surface area (Å²) in [4.78, 5) is 0. The highest BCUT2D eigenvalue weighted by molar-refractivity contribution is 7.99. The Bertz CT molecular complexity index is 435. The normalized spacial score (nSPS) is 24.7. The van der Waals surface area contributed by atoms with Gasteiger partial charge in [0, 0.05) is 17.3 Å². The lowest BCUT2D eigenvalue weighted by atomic mass is 9.93. The van der Waals surface area contributed by atoms with Crippen molar-refractivity contribution in [2.45, 2.75) is 49.9 Å². The van der Waals surface area contributed by atoms with E-state index in [1.807, 2.05) is 23.9 Å². The van der Waals surface area contributed by atoms with Gasteiger partial charge in [-0.25, -0.2) is 0 Å². The van der Waals surface area contributed by atoms with Gasteiger partial charge in [0.2, 0.25) is 0 Å². The largest absolute Gasteiger partial charge is 0.307 e. The van der Waals surface area contributed by atoms with Gasteiger partial charge >= 0.3 is 0 Å². The summed E-state index contributed by atoms with van der Waals surface area (Å²) in [5.41, 5.74) is 2.00. The molecule has 1 aromatic carbocycles. The molecule has 0 aliphatic heterocycles. The maximum absolute atomic E-state index is 8.82. The van der Waals surface area contributed by atoms with Crippen molar-refractivity contribution in [2.75, 3.05) is 6.26 Å². The van der Waals surface area contributed by atoms with E-state index < -0.39 is 0 Å². The molecule has 3 atom stereocenters. The number of nitrogens with one attached hydrogen (secondary N) is 1. The Morgan fingerprint density at radius 3 is 2.68 bits per heavy atom. The van der Waals surface area contributed by atoms with Gasteiger partial charge in [-0.05, 0) is 50.1 Å². The quantitative estimate of drug-likeness (QED) is 0.905. The Kier molecular flexibility index (Phi) is 5.30. The van der Waals surface area contributed by atoms with Gasteiger partial charge in [-0.2, -0.15) is 17.0 Å². The third kappa shape index (κ3) is 3.99. The summed E-state index contributed by atoms with van der Waals surface area (Å²) in [6.07, 6.45) is 7.49. The van der Waals surface area contributed by atoms with Crippen molar-refractivity contribution in [3.63, 3.8) is 0 Å². The third-order valence-corrected chi connectivity index (χ3v) is 5.08. The van der Waals surface area contributed by atoms with Crippen LogP contribution in [0.25, 0.3) is 0 Å². The molecular weight excluding hydrogens is 252 g/mol. The minimum Gasteiger partial charge on any atom is -0.307 e. The van der Waals surface area contributed by atoms with E-state index in [2.05, 4.69) is 36.7 Å². The van der Waals surface area contributed by atoms with Crippen molar-refractivity contribution in [3.05, 3.63) is 35.4 Å². The fourth-order valence-electron chi connectivity index (χ4n) is 2.81. The Morgan fingerprint density at radius 1 is 1.32 bits per heavy atom. The van der Waals surface area contributed by atoms with Crippen LogP contribution < -0.4 is 5.32 Å². The molecule has 1 aliphatic carbocycles. The second kappa shape index (κ2) is 6.98. The van der Waals surface area contributed by atoms with Crippen LogP contribution in [0.4, 0.5) is 0 Å². The Hall–Kier alpha value is -0.980. The van der Waals surface area contributed by atoms with Crippen LogP contribution in [0.3, 0.4) is 0 Å². The molecule has 0 amide bonds. The predicted octanol–water partition coefficient (Wildman–Crippen LogP) is 3.88. The van der Waals surface area contributed by atoms with E-state index in [9.17, 15) is 0 Å². The highest BCUT2D eigenvalue weighted by atomic mass is 32.2. The van der Waals surface area contributed by atoms with Crippen molar-refractivity contribution in [3.8, 4) is 6.07 Å². The number of hydrogen-bond acceptors (Lipinski definition) is 3. The van der Waals surface area contributed by atoms with Crippen molar-refractivity contribution < 1.29 is 0 Å². The minimum absolute atomic E-state index is 0.360. The van der Waals surface area contributed by atoms with Crippen molar-refractivity contribution in [1.29, 1.82) is 5.26 Å². The molecule has 19 heavy (non-hydrogen) atoms. The van der Waals surface area contributed by atoms with Crippen molar-refractivity contribution >= 4 is 11.8 Å². The van der Waals surface area contributed by atoms with E-state index in [4.69, 9.17) is 5.26 Å². The first-order chi connectivity index (χ1) is 9.22. The number of nitriles is 1. The molecule has 1 aliphatic rings. The molecule has 3 unspecified atom stereocenters. The number of thioether (sulfide) groups is 1. The van der Waals surface area contributed by atoms with Gasteiger partial charge in [0.1, 0.15) is 0 Å². The molecule has 0 aromatic heterocycles. The first-order valence-electron chi connectivity index (χ1n) is 7.02. The number of benzene rings is 1. The molecule has 2 rings (SSSR count). The van der Waals surface area contributed by atoms with Gasteiger partial charge in [0.15, 0.2) is 0 Å². The molecule has 0 radical (unpaired) electrons. The summed E-state index contributed by atoms with van der Waals surface area (Å²) in [5.74, 6) is 0. The van der Waals surface area contributed by atoms with Gasteiger partial charge in [0.05, 0.1) is 11.6 Å². The first-order valence-corrected chi connectivity index (χ1v) is 8.30. The van der Waals surface area contributed by atoms with Crippen molar-refractivity contribution in [1.82, 2.24) is 5.32 Å². The second-order valence-electron chi connectivity index (χ2n) is 5.34. The van der Waals surface area contributed by atoms with Crippen LogP contribution in [-0.2, 0) is 0 Å². The van der Waals surface area contributed by atoms with Gasteiger partial charge < -0.3 is 5.32 Å². The van der Waals surface area contributed by atoms with Gasteiger partial charge in [-0.3, -0.25) is 0 Å². The number of hydrogen-bond donors (Lipinski definition) is 1. The lowest BCUT2D eigenvalue weighted by Crippen LogP contribution is -2.36. The average Bonchev–Trinajstić information content (AvgIpc) is 2.47. The predicted molar refractivity (Wildman–Crippen MR) is 82.3 cm³/mol. The molecule has 0 spiro atoms. The third-order valence-electron chi connectivity index (χ3n) is 3.98. The monoisotopic (exact) mass is 274 g/mol. The van der Waals surface area contributed by atoms with Crippen LogP contribution in [0, 0.1) is 11.3 Å². The van der Waals surface area contributed by atoms with Crippen LogP contribution in [0.5, 0.6) is 0 Å². The molecule has 0 bridgehead atoms. The van der Waals surface area contributed by atoms with E-state index in [0.717, 1.165) is 10.8 Å². The molecular formula is C16H22N2S. The van der Waals surface area contributed by atoms with Gasteiger partial charge in [-0.1, -0.05) is 18.6 Å². The van der Waals surface area contributed by atoms with E-state index in [0.29, 0.717) is 12.1 Å². The van der Waals surface area contributed by atoms with Crippen LogP contribution in [0.1, 0.15) is 49.8 Å². The standard InChI is InChI=1S/C16H22N2S/c1-12(14-8-6-13(11-17)7-9-14)18-15-4-3-5-16(10-15)19-2/h6-9,12,15-16,18H,3-5,10H2,1-2H3. The maximum Gasteiger partial charge on any atom is 0.0991 e. The Balaban J connectivity index is 1.92. The zero-order valence-electron chi connectivity index (χ0n) is 11.7. The van der Waals surface area contributed by atoms with Gasteiger partial charge in [0.25, 0.3) is 0 Å². The van der Waals surface area contributed by atoms with Gasteiger partial charge in [-0.15, -0.1) is 0 Å². The topological polar surface area (TPSA) is 35.8 Å². The molecule has 3 heteroatoms.